The maximum absolute atomic E-state index is 10.6. The largest absolute Gasteiger partial charge is 0.269 e. The summed E-state index contributed by atoms with van der Waals surface area (Å²) < 4.78 is 0. The minimum Gasteiger partial charge on any atom is -0.258 e. The highest BCUT2D eigenvalue weighted by atomic mass is 16.6. The molecule has 0 aromatic heterocycles. The van der Waals surface area contributed by atoms with Crippen LogP contribution < -0.4 is 0 Å². The van der Waals surface area contributed by atoms with E-state index in [9.17, 15) is 10.1 Å². The van der Waals surface area contributed by atoms with Crippen molar-refractivity contribution in [2.24, 2.45) is 0 Å². The number of nitro benzene ring substituents is 1. The maximum atomic E-state index is 10.6. The van der Waals surface area contributed by atoms with Crippen LogP contribution in [0.25, 0.3) is 11.1 Å². The highest BCUT2D eigenvalue weighted by Gasteiger charge is 2.08. The van der Waals surface area contributed by atoms with Gasteiger partial charge in [-0.3, -0.25) is 10.1 Å². The molecular weight excluding hydrogens is 202 g/mol. The van der Waals surface area contributed by atoms with Gasteiger partial charge in [0.15, 0.2) is 0 Å². The van der Waals surface area contributed by atoms with Crippen LogP contribution in [0, 0.1) is 17.0 Å². The first kappa shape index (κ1) is 10.4. The van der Waals surface area contributed by atoms with Gasteiger partial charge in [0.25, 0.3) is 5.69 Å². The van der Waals surface area contributed by atoms with Crippen molar-refractivity contribution in [2.45, 2.75) is 6.92 Å². The number of nitrogens with zero attached hydrogens (tertiary/aromatic N) is 1. The van der Waals surface area contributed by atoms with Crippen LogP contribution in [-0.2, 0) is 0 Å². The van der Waals surface area contributed by atoms with Crippen molar-refractivity contribution < 1.29 is 4.92 Å². The van der Waals surface area contributed by atoms with E-state index in [0.29, 0.717) is 0 Å². The minimum atomic E-state index is -0.373. The molecule has 0 radical (unpaired) electrons. The molecule has 3 heteroatoms. The lowest BCUT2D eigenvalue weighted by molar-refractivity contribution is -0.384. The normalized spacial score (nSPS) is 10.1. The number of hydrogen-bond acceptors (Lipinski definition) is 2. The number of hydrogen-bond donors (Lipinski definition) is 0. The maximum Gasteiger partial charge on any atom is 0.269 e. The first-order valence-corrected chi connectivity index (χ1v) is 4.99. The summed E-state index contributed by atoms with van der Waals surface area (Å²) in [5.74, 6) is 0. The molecule has 0 aliphatic carbocycles. The van der Waals surface area contributed by atoms with Crippen molar-refractivity contribution in [2.75, 3.05) is 0 Å². The van der Waals surface area contributed by atoms with Crippen LogP contribution in [0.1, 0.15) is 5.56 Å². The Kier molecular flexibility index (Phi) is 2.68. The van der Waals surface area contributed by atoms with Gasteiger partial charge in [-0.25, -0.2) is 0 Å². The number of benzene rings is 2. The second kappa shape index (κ2) is 4.14. The van der Waals surface area contributed by atoms with Crippen molar-refractivity contribution in [3.05, 3.63) is 64.2 Å². The number of nitro groups is 1. The Morgan fingerprint density at radius 1 is 1.06 bits per heavy atom. The van der Waals surface area contributed by atoms with Gasteiger partial charge >= 0.3 is 0 Å². The standard InChI is InChI=1S/C13H11NO2/c1-10-9-12(14(15)16)7-8-13(10)11-5-3-2-4-6-11/h2-9H,1H3. The average Bonchev–Trinajstić information content (AvgIpc) is 2.30. The van der Waals surface area contributed by atoms with Crippen LogP contribution in [0.2, 0.25) is 0 Å². The van der Waals surface area contributed by atoms with Gasteiger partial charge in [-0.2, -0.15) is 0 Å². The fourth-order valence-electron chi connectivity index (χ4n) is 1.70. The predicted octanol–water partition coefficient (Wildman–Crippen LogP) is 3.57. The molecule has 0 amide bonds. The monoisotopic (exact) mass is 213 g/mol. The van der Waals surface area contributed by atoms with Crippen LogP contribution in [0.5, 0.6) is 0 Å². The van der Waals surface area contributed by atoms with Crippen molar-refractivity contribution in [1.29, 1.82) is 0 Å². The predicted molar refractivity (Wildman–Crippen MR) is 63.3 cm³/mol. The molecule has 0 spiro atoms. The van der Waals surface area contributed by atoms with Crippen molar-refractivity contribution in [3.63, 3.8) is 0 Å². The zero-order valence-electron chi connectivity index (χ0n) is 8.88. The number of non-ortho nitro benzene ring substituents is 1. The number of aryl methyl sites for hydroxylation is 1. The quantitative estimate of drug-likeness (QED) is 0.565. The molecule has 0 bridgehead atoms. The first-order chi connectivity index (χ1) is 7.68. The Balaban J connectivity index is 2.48. The molecule has 0 saturated heterocycles. The molecule has 2 aromatic rings. The van der Waals surface area contributed by atoms with Gasteiger partial charge in [0.05, 0.1) is 4.92 Å². The molecule has 16 heavy (non-hydrogen) atoms. The lowest BCUT2D eigenvalue weighted by Gasteiger charge is -2.05. The van der Waals surface area contributed by atoms with Gasteiger partial charge in [0, 0.05) is 12.1 Å². The van der Waals surface area contributed by atoms with Gasteiger partial charge in [0.1, 0.15) is 0 Å². The lowest BCUT2D eigenvalue weighted by atomic mass is 10.0. The smallest absolute Gasteiger partial charge is 0.258 e. The Bertz CT molecular complexity index is 521. The summed E-state index contributed by atoms with van der Waals surface area (Å²) in [6, 6.07) is 14.8. The van der Waals surface area contributed by atoms with Gasteiger partial charge in [0.2, 0.25) is 0 Å². The second-order valence-corrected chi connectivity index (χ2v) is 3.62. The third kappa shape index (κ3) is 1.93. The van der Waals surface area contributed by atoms with Crippen LogP contribution in [0.15, 0.2) is 48.5 Å². The molecule has 0 unspecified atom stereocenters. The molecule has 0 N–H and O–H groups in total. The summed E-state index contributed by atoms with van der Waals surface area (Å²) in [5, 5.41) is 10.6. The average molecular weight is 213 g/mol. The van der Waals surface area contributed by atoms with Crippen LogP contribution >= 0.6 is 0 Å². The molecule has 0 heterocycles. The Hall–Kier alpha value is -2.16. The zero-order valence-corrected chi connectivity index (χ0v) is 8.88. The third-order valence-electron chi connectivity index (χ3n) is 2.51. The van der Waals surface area contributed by atoms with E-state index in [0.717, 1.165) is 16.7 Å². The summed E-state index contributed by atoms with van der Waals surface area (Å²) in [5.41, 5.74) is 3.17. The summed E-state index contributed by atoms with van der Waals surface area (Å²) in [6.07, 6.45) is 0. The molecule has 0 aliphatic heterocycles. The molecule has 2 rings (SSSR count). The Morgan fingerprint density at radius 2 is 1.75 bits per heavy atom. The van der Waals surface area contributed by atoms with Crippen molar-refractivity contribution >= 4 is 5.69 Å². The Labute approximate surface area is 93.5 Å². The molecule has 2 aromatic carbocycles. The van der Waals surface area contributed by atoms with Crippen LogP contribution in [-0.4, -0.2) is 4.92 Å². The van der Waals surface area contributed by atoms with Crippen LogP contribution in [0.3, 0.4) is 0 Å². The van der Waals surface area contributed by atoms with E-state index in [2.05, 4.69) is 0 Å². The van der Waals surface area contributed by atoms with E-state index in [-0.39, 0.29) is 10.6 Å². The van der Waals surface area contributed by atoms with E-state index in [4.69, 9.17) is 0 Å². The van der Waals surface area contributed by atoms with E-state index in [1.807, 2.05) is 37.3 Å². The van der Waals surface area contributed by atoms with Gasteiger partial charge in [-0.1, -0.05) is 30.3 Å². The highest BCUT2D eigenvalue weighted by molar-refractivity contribution is 5.68. The fourth-order valence-corrected chi connectivity index (χ4v) is 1.70. The van der Waals surface area contributed by atoms with Gasteiger partial charge in [-0.05, 0) is 29.7 Å². The van der Waals surface area contributed by atoms with Gasteiger partial charge in [-0.15, -0.1) is 0 Å². The minimum absolute atomic E-state index is 0.136. The topological polar surface area (TPSA) is 43.1 Å². The highest BCUT2D eigenvalue weighted by Crippen LogP contribution is 2.26. The second-order valence-electron chi connectivity index (χ2n) is 3.62. The zero-order chi connectivity index (χ0) is 11.5. The summed E-state index contributed by atoms with van der Waals surface area (Å²) in [4.78, 5) is 10.2. The summed E-state index contributed by atoms with van der Waals surface area (Å²) in [7, 11) is 0. The fraction of sp³-hybridized carbons (Fsp3) is 0.0769. The van der Waals surface area contributed by atoms with E-state index in [1.54, 1.807) is 12.1 Å². The van der Waals surface area contributed by atoms with Crippen LogP contribution in [0.4, 0.5) is 5.69 Å². The molecule has 0 saturated carbocycles. The molecular formula is C13H11NO2. The third-order valence-corrected chi connectivity index (χ3v) is 2.51. The molecule has 80 valence electrons. The van der Waals surface area contributed by atoms with E-state index < -0.39 is 0 Å². The number of rotatable bonds is 2. The van der Waals surface area contributed by atoms with Gasteiger partial charge < -0.3 is 0 Å². The summed E-state index contributed by atoms with van der Waals surface area (Å²) in [6.45, 7) is 1.88. The SMILES string of the molecule is Cc1cc([N+](=O)[O-])ccc1-c1ccccc1. The molecule has 0 atom stereocenters. The summed E-state index contributed by atoms with van der Waals surface area (Å²) >= 11 is 0. The first-order valence-electron chi connectivity index (χ1n) is 4.99. The molecule has 0 aliphatic rings. The van der Waals surface area contributed by atoms with E-state index in [1.165, 1.54) is 6.07 Å². The van der Waals surface area contributed by atoms with E-state index >= 15 is 0 Å². The van der Waals surface area contributed by atoms with Crippen molar-refractivity contribution in [3.8, 4) is 11.1 Å². The molecule has 0 fully saturated rings. The van der Waals surface area contributed by atoms with Crippen molar-refractivity contribution in [1.82, 2.24) is 0 Å². The lowest BCUT2D eigenvalue weighted by Crippen LogP contribution is -1.90. The Morgan fingerprint density at radius 3 is 2.31 bits per heavy atom. The molecule has 3 nitrogen and oxygen atoms in total.